The number of rotatable bonds is 3. The number of phenols is 1. The zero-order valence-electron chi connectivity index (χ0n) is 9.05. The van der Waals surface area contributed by atoms with Gasteiger partial charge in [0.2, 0.25) is 0 Å². The normalized spacial score (nSPS) is 12.5. The van der Waals surface area contributed by atoms with Crippen LogP contribution in [-0.4, -0.2) is 5.11 Å². The molecule has 1 rings (SSSR count). The molecule has 0 radical (unpaired) electrons. The second kappa shape index (κ2) is 4.69. The Morgan fingerprint density at radius 2 is 2.20 bits per heavy atom. The summed E-state index contributed by atoms with van der Waals surface area (Å²) < 4.78 is 0. The largest absolute Gasteiger partial charge is 0.507 e. The fraction of sp³-hybridized carbons (Fsp3) is 0.333. The quantitative estimate of drug-likeness (QED) is 0.776. The molecule has 0 aliphatic rings. The van der Waals surface area contributed by atoms with Crippen LogP contribution in [0.1, 0.15) is 30.5 Å². The van der Waals surface area contributed by atoms with Gasteiger partial charge in [-0.3, -0.25) is 0 Å². The van der Waals surface area contributed by atoms with Crippen LogP contribution in [0.25, 0.3) is 0 Å². The van der Waals surface area contributed by atoms with Gasteiger partial charge in [-0.25, -0.2) is 0 Å². The van der Waals surface area contributed by atoms with E-state index in [1.54, 1.807) is 19.1 Å². The molecular weight excluding hydrogens is 210 g/mol. The van der Waals surface area contributed by atoms with Crippen molar-refractivity contribution in [3.05, 3.63) is 40.4 Å². The summed E-state index contributed by atoms with van der Waals surface area (Å²) in [4.78, 5) is 0. The monoisotopic (exact) mass is 225 g/mol. The minimum Gasteiger partial charge on any atom is -0.507 e. The smallest absolute Gasteiger partial charge is 0.123 e. The molecule has 0 amide bonds. The molecule has 82 valence electrons. The van der Waals surface area contributed by atoms with Crippen LogP contribution in [0.4, 0.5) is 0 Å². The lowest BCUT2D eigenvalue weighted by Gasteiger charge is -2.15. The van der Waals surface area contributed by atoms with Gasteiger partial charge in [0.15, 0.2) is 0 Å². The van der Waals surface area contributed by atoms with Crippen molar-refractivity contribution in [3.8, 4) is 5.75 Å². The summed E-state index contributed by atoms with van der Waals surface area (Å²) in [5, 5.41) is 10.4. The number of aryl methyl sites for hydroxylation is 1. The van der Waals surface area contributed by atoms with Crippen LogP contribution >= 0.6 is 11.6 Å². The average Bonchev–Trinajstić information content (AvgIpc) is 2.09. The maximum Gasteiger partial charge on any atom is 0.123 e. The lowest BCUT2D eigenvalue weighted by molar-refractivity contribution is 0.457. The van der Waals surface area contributed by atoms with E-state index in [0.29, 0.717) is 17.0 Å². The SMILES string of the molecule is C=C(C)C[C@@H](N)c1cc(Cl)cc(C)c1O. The molecule has 0 bridgehead atoms. The van der Waals surface area contributed by atoms with Gasteiger partial charge in [-0.05, 0) is 38.0 Å². The highest BCUT2D eigenvalue weighted by atomic mass is 35.5. The van der Waals surface area contributed by atoms with Crippen molar-refractivity contribution in [1.82, 2.24) is 0 Å². The van der Waals surface area contributed by atoms with Gasteiger partial charge >= 0.3 is 0 Å². The molecule has 1 atom stereocenters. The molecule has 3 N–H and O–H groups in total. The maximum absolute atomic E-state index is 9.84. The van der Waals surface area contributed by atoms with E-state index >= 15 is 0 Å². The van der Waals surface area contributed by atoms with Crippen LogP contribution in [0.15, 0.2) is 24.3 Å². The molecule has 0 saturated heterocycles. The van der Waals surface area contributed by atoms with E-state index in [4.69, 9.17) is 17.3 Å². The zero-order valence-corrected chi connectivity index (χ0v) is 9.80. The van der Waals surface area contributed by atoms with E-state index in [0.717, 1.165) is 11.1 Å². The molecule has 0 aromatic heterocycles. The molecule has 0 aliphatic carbocycles. The molecule has 0 fully saturated rings. The van der Waals surface area contributed by atoms with E-state index in [9.17, 15) is 5.11 Å². The third kappa shape index (κ3) is 2.98. The summed E-state index contributed by atoms with van der Waals surface area (Å²) in [6, 6.07) is 3.17. The first-order valence-electron chi connectivity index (χ1n) is 4.80. The topological polar surface area (TPSA) is 46.2 Å². The van der Waals surface area contributed by atoms with E-state index in [1.807, 2.05) is 6.92 Å². The minimum atomic E-state index is -0.250. The lowest BCUT2D eigenvalue weighted by atomic mass is 9.98. The first-order valence-corrected chi connectivity index (χ1v) is 5.18. The van der Waals surface area contributed by atoms with E-state index < -0.39 is 0 Å². The van der Waals surface area contributed by atoms with Gasteiger partial charge in [-0.15, -0.1) is 6.58 Å². The van der Waals surface area contributed by atoms with Crippen molar-refractivity contribution < 1.29 is 5.11 Å². The van der Waals surface area contributed by atoms with Gasteiger partial charge in [-0.2, -0.15) is 0 Å². The van der Waals surface area contributed by atoms with Crippen LogP contribution in [0, 0.1) is 6.92 Å². The number of hydrogen-bond acceptors (Lipinski definition) is 2. The molecule has 1 aromatic rings. The highest BCUT2D eigenvalue weighted by Crippen LogP contribution is 2.32. The maximum atomic E-state index is 9.84. The Kier molecular flexibility index (Phi) is 3.77. The van der Waals surface area contributed by atoms with Crippen LogP contribution < -0.4 is 5.73 Å². The number of halogens is 1. The van der Waals surface area contributed by atoms with Crippen LogP contribution in [0.5, 0.6) is 5.75 Å². The lowest BCUT2D eigenvalue weighted by Crippen LogP contribution is -2.11. The van der Waals surface area contributed by atoms with Gasteiger partial charge in [-0.1, -0.05) is 17.2 Å². The molecule has 1 aromatic carbocycles. The first-order chi connectivity index (χ1) is 6.91. The summed E-state index contributed by atoms with van der Waals surface area (Å²) in [5.41, 5.74) is 8.37. The molecular formula is C12H16ClNO. The fourth-order valence-corrected chi connectivity index (χ4v) is 1.81. The number of nitrogens with two attached hydrogens (primary N) is 1. The van der Waals surface area contributed by atoms with Crippen LogP contribution in [0.3, 0.4) is 0 Å². The van der Waals surface area contributed by atoms with E-state index in [1.165, 1.54) is 0 Å². The summed E-state index contributed by atoms with van der Waals surface area (Å²) in [6.07, 6.45) is 0.646. The molecule has 3 heteroatoms. The number of hydrogen-bond donors (Lipinski definition) is 2. The van der Waals surface area contributed by atoms with Gasteiger partial charge in [0.25, 0.3) is 0 Å². The highest BCUT2D eigenvalue weighted by molar-refractivity contribution is 6.30. The second-order valence-corrected chi connectivity index (χ2v) is 4.36. The average molecular weight is 226 g/mol. The Labute approximate surface area is 95.4 Å². The van der Waals surface area contributed by atoms with Crippen molar-refractivity contribution in [3.63, 3.8) is 0 Å². The molecule has 0 aliphatic heterocycles. The van der Waals surface area contributed by atoms with Crippen LogP contribution in [0.2, 0.25) is 5.02 Å². The zero-order chi connectivity index (χ0) is 11.6. The summed E-state index contributed by atoms with van der Waals surface area (Å²) in [5.74, 6) is 0.230. The standard InChI is InChI=1S/C12H16ClNO/c1-7(2)4-11(14)10-6-9(13)5-8(3)12(10)15/h5-6,11,15H,1,4,14H2,2-3H3/t11-/m1/s1. The molecule has 0 heterocycles. The van der Waals surface area contributed by atoms with Crippen molar-refractivity contribution in [2.75, 3.05) is 0 Å². The molecule has 0 spiro atoms. The predicted molar refractivity (Wildman–Crippen MR) is 64.2 cm³/mol. The Balaban J connectivity index is 3.07. The highest BCUT2D eigenvalue weighted by Gasteiger charge is 2.13. The van der Waals surface area contributed by atoms with Gasteiger partial charge in [0, 0.05) is 16.6 Å². The first kappa shape index (κ1) is 12.1. The van der Waals surface area contributed by atoms with E-state index in [2.05, 4.69) is 6.58 Å². The van der Waals surface area contributed by atoms with Gasteiger partial charge < -0.3 is 10.8 Å². The van der Waals surface area contributed by atoms with Crippen LogP contribution in [-0.2, 0) is 0 Å². The third-order valence-corrected chi connectivity index (χ3v) is 2.48. The Morgan fingerprint density at radius 3 is 2.73 bits per heavy atom. The van der Waals surface area contributed by atoms with Crippen molar-refractivity contribution in [1.29, 1.82) is 0 Å². The summed E-state index contributed by atoms with van der Waals surface area (Å²) >= 11 is 5.91. The minimum absolute atomic E-state index is 0.230. The Morgan fingerprint density at radius 1 is 1.60 bits per heavy atom. The van der Waals surface area contributed by atoms with Crippen molar-refractivity contribution >= 4 is 11.6 Å². The number of phenolic OH excluding ortho intramolecular Hbond substituents is 1. The van der Waals surface area contributed by atoms with Crippen molar-refractivity contribution in [2.45, 2.75) is 26.3 Å². The molecule has 0 saturated carbocycles. The number of benzene rings is 1. The molecule has 0 unspecified atom stereocenters. The Hall–Kier alpha value is -0.990. The van der Waals surface area contributed by atoms with Crippen molar-refractivity contribution in [2.24, 2.45) is 5.73 Å². The van der Waals surface area contributed by atoms with Gasteiger partial charge in [0.1, 0.15) is 5.75 Å². The van der Waals surface area contributed by atoms with Gasteiger partial charge in [0.05, 0.1) is 0 Å². The number of aromatic hydroxyl groups is 1. The third-order valence-electron chi connectivity index (χ3n) is 2.26. The molecule has 15 heavy (non-hydrogen) atoms. The Bertz CT molecular complexity index is 387. The fourth-order valence-electron chi connectivity index (χ4n) is 1.53. The summed E-state index contributed by atoms with van der Waals surface area (Å²) in [6.45, 7) is 7.52. The van der Waals surface area contributed by atoms with E-state index in [-0.39, 0.29) is 11.8 Å². The summed E-state index contributed by atoms with van der Waals surface area (Å²) in [7, 11) is 0. The molecule has 2 nitrogen and oxygen atoms in total. The second-order valence-electron chi connectivity index (χ2n) is 3.93. The predicted octanol–water partition coefficient (Wildman–Crippen LogP) is 3.32.